The lowest BCUT2D eigenvalue weighted by Crippen LogP contribution is -2.44. The van der Waals surface area contributed by atoms with Crippen LogP contribution in [0.2, 0.25) is 0 Å². The predicted octanol–water partition coefficient (Wildman–Crippen LogP) is 7.73. The lowest BCUT2D eigenvalue weighted by Gasteiger charge is -2.31. The number of hydrogen-bond acceptors (Lipinski definition) is 10. The summed E-state index contributed by atoms with van der Waals surface area (Å²) in [7, 11) is 0. The zero-order valence-electron chi connectivity index (χ0n) is 37.7. The van der Waals surface area contributed by atoms with Crippen LogP contribution in [0.15, 0.2) is 91.3 Å². The molecule has 0 unspecified atom stereocenters. The standard InChI is InChI=1S/C26H32N2O6.C22H30N4O4/c1-26(2,3)14-15-27-23(29)18-4-8-21(9-5-18)34-25(32)28-16-12-22(13-17-28)33-20-10-6-19(7-11-20)24(30)31;1-22(2,3)11-13-23-20(27)17-5-7-18(8-6-17)29-21(28)25-15-9-19(10-16-25)30-26-14-4-12-24-26/h4-11,22H,12-17H2,1-3H3,(H,27,29)(H,30,31);4-8,12,14,19H,9-11,13,15-16H2,1-3H3,(H,23,27). The Balaban J connectivity index is 0.000000243. The molecule has 3 aromatic carbocycles. The Morgan fingerprint density at radius 2 is 1.02 bits per heavy atom. The van der Waals surface area contributed by atoms with E-state index < -0.39 is 18.2 Å². The minimum Gasteiger partial charge on any atom is -0.490 e. The highest BCUT2D eigenvalue weighted by molar-refractivity contribution is 5.95. The Hall–Kier alpha value is -6.58. The van der Waals surface area contributed by atoms with Crippen molar-refractivity contribution in [1.82, 2.24) is 30.4 Å². The first-order valence-corrected chi connectivity index (χ1v) is 21.8. The summed E-state index contributed by atoms with van der Waals surface area (Å²) < 4.78 is 16.8. The minimum atomic E-state index is -0.979. The topological polar surface area (TPSA) is 191 Å². The summed E-state index contributed by atoms with van der Waals surface area (Å²) >= 11 is 0. The fraction of sp³-hybridized carbons (Fsp3) is 0.458. The number of carbonyl (C=O) groups excluding carboxylic acids is 4. The molecule has 2 fully saturated rings. The normalized spacial score (nSPS) is 14.7. The Morgan fingerprint density at radius 1 is 0.609 bits per heavy atom. The lowest BCUT2D eigenvalue weighted by atomic mass is 9.92. The van der Waals surface area contributed by atoms with Gasteiger partial charge in [-0.3, -0.25) is 9.59 Å². The van der Waals surface area contributed by atoms with Crippen molar-refractivity contribution in [3.8, 4) is 17.2 Å². The van der Waals surface area contributed by atoms with E-state index in [-0.39, 0.29) is 40.4 Å². The van der Waals surface area contributed by atoms with Gasteiger partial charge < -0.3 is 44.6 Å². The summed E-state index contributed by atoms with van der Waals surface area (Å²) in [6.45, 7) is 16.1. The van der Waals surface area contributed by atoms with Crippen molar-refractivity contribution in [2.75, 3.05) is 39.3 Å². The van der Waals surface area contributed by atoms with E-state index in [1.807, 2.05) is 0 Å². The van der Waals surface area contributed by atoms with Gasteiger partial charge >= 0.3 is 18.2 Å². The molecule has 3 N–H and O–H groups in total. The first-order valence-electron chi connectivity index (χ1n) is 21.8. The fourth-order valence-corrected chi connectivity index (χ4v) is 6.62. The van der Waals surface area contributed by atoms with Crippen molar-refractivity contribution in [3.05, 3.63) is 108 Å². The molecule has 4 aromatic rings. The van der Waals surface area contributed by atoms with Gasteiger partial charge in [0.05, 0.1) is 18.0 Å². The number of piperidine rings is 2. The van der Waals surface area contributed by atoms with Gasteiger partial charge in [0.2, 0.25) is 0 Å². The minimum absolute atomic E-state index is 0.0185. The van der Waals surface area contributed by atoms with Crippen LogP contribution in [0.25, 0.3) is 0 Å². The third kappa shape index (κ3) is 16.3. The Labute approximate surface area is 375 Å². The average molecular weight is 883 g/mol. The molecule has 0 saturated carbocycles. The van der Waals surface area contributed by atoms with Crippen LogP contribution in [0.3, 0.4) is 0 Å². The Bertz CT molecular complexity index is 2110. The number of ether oxygens (including phenoxy) is 3. The highest BCUT2D eigenvalue weighted by Crippen LogP contribution is 2.23. The summed E-state index contributed by atoms with van der Waals surface area (Å²) in [6.07, 6.45) is 7.02. The number of nitrogens with zero attached hydrogens (tertiary/aromatic N) is 4. The van der Waals surface area contributed by atoms with Gasteiger partial charge in [-0.05, 0) is 103 Å². The van der Waals surface area contributed by atoms with E-state index in [1.165, 1.54) is 17.0 Å². The third-order valence-corrected chi connectivity index (χ3v) is 10.5. The van der Waals surface area contributed by atoms with E-state index >= 15 is 0 Å². The molecule has 4 amide bonds. The summed E-state index contributed by atoms with van der Waals surface area (Å²) in [5, 5.41) is 18.8. The highest BCUT2D eigenvalue weighted by atomic mass is 16.7. The number of carbonyl (C=O) groups is 5. The second-order valence-electron chi connectivity index (χ2n) is 18.3. The molecule has 16 heteroatoms. The molecule has 1 aromatic heterocycles. The van der Waals surface area contributed by atoms with Crippen molar-refractivity contribution < 1.29 is 48.1 Å². The van der Waals surface area contributed by atoms with Gasteiger partial charge in [-0.25, -0.2) is 14.4 Å². The molecule has 2 aliphatic rings. The largest absolute Gasteiger partial charge is 0.490 e. The quantitative estimate of drug-likeness (QED) is 0.119. The molecule has 0 radical (unpaired) electrons. The molecule has 0 atom stereocenters. The van der Waals surface area contributed by atoms with Crippen molar-refractivity contribution >= 4 is 30.0 Å². The summed E-state index contributed by atoms with van der Waals surface area (Å²) in [5.74, 6) is 0.147. The molecular formula is C48H62N6O10. The van der Waals surface area contributed by atoms with Crippen LogP contribution in [0, 0.1) is 10.8 Å². The van der Waals surface area contributed by atoms with Gasteiger partial charge in [-0.15, -0.1) is 9.94 Å². The van der Waals surface area contributed by atoms with Gasteiger partial charge in [-0.1, -0.05) is 41.5 Å². The monoisotopic (exact) mass is 882 g/mol. The van der Waals surface area contributed by atoms with Crippen molar-refractivity contribution in [1.29, 1.82) is 0 Å². The summed E-state index contributed by atoms with van der Waals surface area (Å²) in [6, 6.07) is 21.2. The Morgan fingerprint density at radius 3 is 1.41 bits per heavy atom. The molecule has 6 rings (SSSR count). The van der Waals surface area contributed by atoms with Crippen molar-refractivity contribution in [3.63, 3.8) is 0 Å². The molecule has 0 spiro atoms. The smallest absolute Gasteiger partial charge is 0.415 e. The maximum absolute atomic E-state index is 12.5. The first-order chi connectivity index (χ1) is 30.4. The Kier molecular flexibility index (Phi) is 17.2. The van der Waals surface area contributed by atoms with Gasteiger partial charge in [0.25, 0.3) is 11.8 Å². The second-order valence-corrected chi connectivity index (χ2v) is 18.3. The number of amides is 4. The van der Waals surface area contributed by atoms with Gasteiger partial charge in [-0.2, -0.15) is 0 Å². The van der Waals surface area contributed by atoms with Crippen LogP contribution in [0.4, 0.5) is 9.59 Å². The molecule has 0 aliphatic carbocycles. The zero-order valence-corrected chi connectivity index (χ0v) is 37.7. The maximum Gasteiger partial charge on any atom is 0.415 e. The van der Waals surface area contributed by atoms with Gasteiger partial charge in [0.15, 0.2) is 0 Å². The number of benzene rings is 3. The second kappa shape index (κ2) is 22.7. The number of nitrogens with one attached hydrogen (secondary N) is 2. The third-order valence-electron chi connectivity index (χ3n) is 10.5. The van der Waals surface area contributed by atoms with Crippen LogP contribution in [0.1, 0.15) is 111 Å². The SMILES string of the molecule is CC(C)(C)CCNC(=O)c1ccc(OC(=O)N2CCC(Oc3ccc(C(=O)O)cc3)CC2)cc1.CC(C)(C)CCNC(=O)c1ccc(OC(=O)N2CCC(On3cccn3)CC2)cc1. The summed E-state index contributed by atoms with van der Waals surface area (Å²) in [4.78, 5) is 70.8. The number of aromatic carboxylic acids is 1. The number of likely N-dealkylation sites (tertiary alicyclic amines) is 2. The van der Waals surface area contributed by atoms with E-state index in [9.17, 15) is 24.0 Å². The molecule has 64 heavy (non-hydrogen) atoms. The number of aromatic nitrogens is 2. The highest BCUT2D eigenvalue weighted by Gasteiger charge is 2.27. The molecule has 3 heterocycles. The van der Waals surface area contributed by atoms with Crippen LogP contribution in [-0.2, 0) is 0 Å². The van der Waals surface area contributed by atoms with E-state index in [0.29, 0.717) is 93.3 Å². The van der Waals surface area contributed by atoms with E-state index in [2.05, 4.69) is 57.3 Å². The van der Waals surface area contributed by atoms with Crippen LogP contribution >= 0.6 is 0 Å². The predicted molar refractivity (Wildman–Crippen MR) is 240 cm³/mol. The molecule has 344 valence electrons. The molecular weight excluding hydrogens is 821 g/mol. The molecule has 2 aliphatic heterocycles. The van der Waals surface area contributed by atoms with Crippen molar-refractivity contribution in [2.24, 2.45) is 10.8 Å². The molecule has 2 saturated heterocycles. The molecule has 16 nitrogen and oxygen atoms in total. The number of rotatable bonds is 13. The van der Waals surface area contributed by atoms with Gasteiger partial charge in [0, 0.05) is 76.1 Å². The van der Waals surface area contributed by atoms with Crippen molar-refractivity contribution in [2.45, 2.75) is 92.3 Å². The van der Waals surface area contributed by atoms with E-state index in [1.54, 1.807) is 88.9 Å². The molecule has 0 bridgehead atoms. The fourth-order valence-electron chi connectivity index (χ4n) is 6.62. The van der Waals surface area contributed by atoms with Crippen LogP contribution in [-0.4, -0.2) is 106 Å². The van der Waals surface area contributed by atoms with Crippen LogP contribution < -0.4 is 29.7 Å². The number of carboxylic acid groups (broad SMARTS) is 1. The first kappa shape index (κ1) is 48.5. The zero-order chi connectivity index (χ0) is 46.3. The lowest BCUT2D eigenvalue weighted by molar-refractivity contribution is -0.0162. The number of carboxylic acids is 1. The maximum atomic E-state index is 12.5. The van der Waals surface area contributed by atoms with E-state index in [4.69, 9.17) is 24.2 Å². The summed E-state index contributed by atoms with van der Waals surface area (Å²) in [5.41, 5.74) is 1.59. The van der Waals surface area contributed by atoms with E-state index in [0.717, 1.165) is 12.8 Å². The van der Waals surface area contributed by atoms with Crippen LogP contribution in [0.5, 0.6) is 17.2 Å². The van der Waals surface area contributed by atoms with Gasteiger partial charge in [0.1, 0.15) is 29.5 Å². The number of hydrogen-bond donors (Lipinski definition) is 3. The average Bonchev–Trinajstić information content (AvgIpc) is 3.77.